The lowest BCUT2D eigenvalue weighted by Gasteiger charge is -2.39. The van der Waals surface area contributed by atoms with Gasteiger partial charge in [0.15, 0.2) is 5.60 Å². The number of hydrogen-bond acceptors (Lipinski definition) is 4. The predicted octanol–water partition coefficient (Wildman–Crippen LogP) is 2.52. The van der Waals surface area contributed by atoms with Gasteiger partial charge in [0.25, 0.3) is 5.91 Å². The minimum Gasteiger partial charge on any atom is -0.476 e. The van der Waals surface area contributed by atoms with E-state index < -0.39 is 5.60 Å². The summed E-state index contributed by atoms with van der Waals surface area (Å²) in [5.74, 6) is 0.617. The molecule has 2 aliphatic rings. The van der Waals surface area contributed by atoms with Crippen molar-refractivity contribution in [1.29, 1.82) is 0 Å². The fourth-order valence-corrected chi connectivity index (χ4v) is 3.65. The Bertz CT molecular complexity index is 706. The second-order valence-electron chi connectivity index (χ2n) is 7.85. The molecule has 0 aromatic heterocycles. The number of amides is 2. The first-order chi connectivity index (χ1) is 12.2. The van der Waals surface area contributed by atoms with Crippen molar-refractivity contribution in [2.24, 2.45) is 0 Å². The molecule has 0 saturated carbocycles. The molecular weight excluding hydrogens is 332 g/mol. The van der Waals surface area contributed by atoms with Crippen LogP contribution in [0, 0.1) is 6.92 Å². The summed E-state index contributed by atoms with van der Waals surface area (Å²) in [6.45, 7) is 11.0. The monoisotopic (exact) mass is 360 g/mol. The first-order valence-corrected chi connectivity index (χ1v) is 9.22. The minimum absolute atomic E-state index is 0.0371. The zero-order valence-corrected chi connectivity index (χ0v) is 16.2. The molecule has 0 spiro atoms. The molecule has 2 amide bonds. The van der Waals surface area contributed by atoms with E-state index in [9.17, 15) is 9.59 Å². The largest absolute Gasteiger partial charge is 0.476 e. The average Bonchev–Trinajstić information content (AvgIpc) is 2.55. The maximum atomic E-state index is 12.9. The van der Waals surface area contributed by atoms with E-state index in [1.807, 2.05) is 43.9 Å². The summed E-state index contributed by atoms with van der Waals surface area (Å²) in [5.41, 5.74) is 0.852. The van der Waals surface area contributed by atoms with Crippen molar-refractivity contribution in [3.05, 3.63) is 23.8 Å². The number of benzene rings is 1. The number of morpholine rings is 1. The third-order valence-corrected chi connectivity index (χ3v) is 4.85. The van der Waals surface area contributed by atoms with Crippen molar-refractivity contribution in [3.8, 4) is 5.75 Å². The van der Waals surface area contributed by atoms with Gasteiger partial charge in [-0.05, 0) is 52.3 Å². The first-order valence-electron chi connectivity index (χ1n) is 9.22. The van der Waals surface area contributed by atoms with Gasteiger partial charge in [-0.2, -0.15) is 0 Å². The summed E-state index contributed by atoms with van der Waals surface area (Å²) in [6.07, 6.45) is 0.360. The van der Waals surface area contributed by atoms with Crippen LogP contribution in [0.15, 0.2) is 18.2 Å². The number of rotatable bonds is 3. The molecule has 1 aromatic carbocycles. The fourth-order valence-electron chi connectivity index (χ4n) is 3.65. The molecule has 6 heteroatoms. The van der Waals surface area contributed by atoms with Gasteiger partial charge in [-0.15, -0.1) is 0 Å². The van der Waals surface area contributed by atoms with Crippen LogP contribution in [0.25, 0.3) is 0 Å². The van der Waals surface area contributed by atoms with Crippen LogP contribution in [-0.4, -0.2) is 54.2 Å². The van der Waals surface area contributed by atoms with Crippen LogP contribution in [-0.2, 0) is 14.3 Å². The van der Waals surface area contributed by atoms with E-state index in [1.165, 1.54) is 0 Å². The standard InChI is InChI=1S/C20H28N2O4/c1-13-6-7-17-16(10-13)22(19(24)20(4,5)26-17)9-8-18(23)21-11-14(2)25-15(3)12-21/h6-7,10,14-15H,8-9,11-12H2,1-5H3. The number of ether oxygens (including phenoxy) is 2. The number of fused-ring (bicyclic) bond motifs is 1. The Morgan fingerprint density at radius 1 is 1.23 bits per heavy atom. The minimum atomic E-state index is -0.937. The summed E-state index contributed by atoms with van der Waals surface area (Å²) in [5, 5.41) is 0. The van der Waals surface area contributed by atoms with Gasteiger partial charge in [0.1, 0.15) is 5.75 Å². The number of anilines is 1. The highest BCUT2D eigenvalue weighted by atomic mass is 16.5. The van der Waals surface area contributed by atoms with Crippen molar-refractivity contribution in [2.45, 2.75) is 58.8 Å². The summed E-state index contributed by atoms with van der Waals surface area (Å²) >= 11 is 0. The number of nitrogens with zero attached hydrogens (tertiary/aromatic N) is 2. The SMILES string of the molecule is Cc1ccc2c(c1)N(CCC(=O)N1CC(C)OC(C)C1)C(=O)C(C)(C)O2. The molecule has 1 fully saturated rings. The maximum absolute atomic E-state index is 12.9. The highest BCUT2D eigenvalue weighted by Gasteiger charge is 2.41. The van der Waals surface area contributed by atoms with Crippen molar-refractivity contribution in [1.82, 2.24) is 4.90 Å². The van der Waals surface area contributed by atoms with E-state index in [4.69, 9.17) is 9.47 Å². The quantitative estimate of drug-likeness (QED) is 0.831. The van der Waals surface area contributed by atoms with Crippen LogP contribution in [0.4, 0.5) is 5.69 Å². The van der Waals surface area contributed by atoms with Crippen molar-refractivity contribution in [3.63, 3.8) is 0 Å². The summed E-state index contributed by atoms with van der Waals surface area (Å²) in [4.78, 5) is 29.1. The smallest absolute Gasteiger partial charge is 0.270 e. The van der Waals surface area contributed by atoms with Crippen LogP contribution in [0.3, 0.4) is 0 Å². The Morgan fingerprint density at radius 2 is 1.88 bits per heavy atom. The van der Waals surface area contributed by atoms with E-state index in [0.29, 0.717) is 25.4 Å². The lowest BCUT2D eigenvalue weighted by molar-refractivity contribution is -0.143. The van der Waals surface area contributed by atoms with Crippen molar-refractivity contribution >= 4 is 17.5 Å². The number of hydrogen-bond donors (Lipinski definition) is 0. The van der Waals surface area contributed by atoms with Gasteiger partial charge >= 0.3 is 0 Å². The number of carbonyl (C=O) groups is 2. The van der Waals surface area contributed by atoms with Gasteiger partial charge in [-0.25, -0.2) is 0 Å². The van der Waals surface area contributed by atoms with Gasteiger partial charge in [-0.3, -0.25) is 9.59 Å². The van der Waals surface area contributed by atoms with Crippen LogP contribution >= 0.6 is 0 Å². The van der Waals surface area contributed by atoms with E-state index in [2.05, 4.69) is 0 Å². The summed E-state index contributed by atoms with van der Waals surface area (Å²) in [7, 11) is 0. The lowest BCUT2D eigenvalue weighted by Crippen LogP contribution is -2.54. The second kappa shape index (κ2) is 6.91. The molecule has 0 aliphatic carbocycles. The molecule has 3 rings (SSSR count). The van der Waals surface area contributed by atoms with E-state index >= 15 is 0 Å². The van der Waals surface area contributed by atoms with Gasteiger partial charge < -0.3 is 19.3 Å². The predicted molar refractivity (Wildman–Crippen MR) is 99.4 cm³/mol. The number of carbonyl (C=O) groups excluding carboxylic acids is 2. The second-order valence-corrected chi connectivity index (χ2v) is 7.85. The topological polar surface area (TPSA) is 59.1 Å². The van der Waals surface area contributed by atoms with Crippen molar-refractivity contribution < 1.29 is 19.1 Å². The van der Waals surface area contributed by atoms with Gasteiger partial charge in [-0.1, -0.05) is 6.07 Å². The summed E-state index contributed by atoms with van der Waals surface area (Å²) in [6, 6.07) is 5.79. The van der Waals surface area contributed by atoms with E-state index in [0.717, 1.165) is 11.3 Å². The molecule has 0 bridgehead atoms. The van der Waals surface area contributed by atoms with E-state index in [-0.39, 0.29) is 30.4 Å². The van der Waals surface area contributed by atoms with Gasteiger partial charge in [0.2, 0.25) is 5.91 Å². The number of aryl methyl sites for hydroxylation is 1. The first kappa shape index (κ1) is 18.7. The zero-order chi connectivity index (χ0) is 19.1. The average molecular weight is 360 g/mol. The molecule has 142 valence electrons. The van der Waals surface area contributed by atoms with Crippen molar-refractivity contribution in [2.75, 3.05) is 24.5 Å². The van der Waals surface area contributed by atoms with Crippen LogP contribution in [0.5, 0.6) is 5.75 Å². The molecule has 1 saturated heterocycles. The van der Waals surface area contributed by atoms with Gasteiger partial charge in [0.05, 0.1) is 17.9 Å². The van der Waals surface area contributed by atoms with Crippen LogP contribution in [0.1, 0.15) is 39.7 Å². The lowest BCUT2D eigenvalue weighted by atomic mass is 10.0. The van der Waals surface area contributed by atoms with Crippen LogP contribution in [0.2, 0.25) is 0 Å². The maximum Gasteiger partial charge on any atom is 0.270 e. The third-order valence-electron chi connectivity index (χ3n) is 4.85. The van der Waals surface area contributed by atoms with E-state index in [1.54, 1.807) is 18.7 Å². The molecule has 2 atom stereocenters. The highest BCUT2D eigenvalue weighted by molar-refractivity contribution is 6.02. The zero-order valence-electron chi connectivity index (χ0n) is 16.2. The Morgan fingerprint density at radius 3 is 2.54 bits per heavy atom. The Kier molecular flexibility index (Phi) is 4.97. The Hall–Kier alpha value is -2.08. The fraction of sp³-hybridized carbons (Fsp3) is 0.600. The molecule has 0 N–H and O–H groups in total. The normalized spacial score (nSPS) is 24.9. The van der Waals surface area contributed by atoms with Crippen LogP contribution < -0.4 is 9.64 Å². The summed E-state index contributed by atoms with van der Waals surface area (Å²) < 4.78 is 11.6. The molecule has 2 aliphatic heterocycles. The molecule has 1 aromatic rings. The highest BCUT2D eigenvalue weighted by Crippen LogP contribution is 2.38. The molecule has 26 heavy (non-hydrogen) atoms. The molecule has 2 unspecified atom stereocenters. The molecule has 2 heterocycles. The molecule has 0 radical (unpaired) electrons. The molecule has 6 nitrogen and oxygen atoms in total. The molecular formula is C20H28N2O4. The van der Waals surface area contributed by atoms with Gasteiger partial charge in [0, 0.05) is 26.1 Å². The third kappa shape index (κ3) is 3.70. The Labute approximate surface area is 155 Å². The Balaban J connectivity index is 1.75.